The third kappa shape index (κ3) is 4.01. The quantitative estimate of drug-likeness (QED) is 0.874. The van der Waals surface area contributed by atoms with Gasteiger partial charge in [-0.2, -0.15) is 4.31 Å². The second kappa shape index (κ2) is 7.88. The average molecular weight is 345 g/mol. The van der Waals surface area contributed by atoms with Crippen molar-refractivity contribution in [3.05, 3.63) is 59.9 Å². The highest BCUT2D eigenvalue weighted by molar-refractivity contribution is 7.89. The molecular formula is C18H23N3O2S. The van der Waals surface area contributed by atoms with Crippen molar-refractivity contribution in [2.45, 2.75) is 37.2 Å². The fraction of sp³-hybridized carbons (Fsp3) is 0.389. The molecule has 1 N–H and O–H groups in total. The highest BCUT2D eigenvalue weighted by Gasteiger charge is 2.27. The summed E-state index contributed by atoms with van der Waals surface area (Å²) in [7, 11) is -3.40. The zero-order chi connectivity index (χ0) is 16.8. The number of hydrogen-bond donors (Lipinski definition) is 1. The van der Waals surface area contributed by atoms with Crippen LogP contribution in [0.15, 0.2) is 53.7 Å². The van der Waals surface area contributed by atoms with E-state index in [4.69, 9.17) is 0 Å². The minimum Gasteiger partial charge on any atom is -0.309 e. The van der Waals surface area contributed by atoms with Crippen molar-refractivity contribution in [3.63, 3.8) is 0 Å². The molecule has 0 unspecified atom stereocenters. The molecule has 24 heavy (non-hydrogen) atoms. The maximum Gasteiger partial charge on any atom is 0.243 e. The highest BCUT2D eigenvalue weighted by Crippen LogP contribution is 2.23. The van der Waals surface area contributed by atoms with E-state index in [2.05, 4.69) is 10.3 Å². The molecule has 0 radical (unpaired) electrons. The van der Waals surface area contributed by atoms with E-state index in [1.54, 1.807) is 28.8 Å². The molecule has 0 aliphatic carbocycles. The van der Waals surface area contributed by atoms with E-state index >= 15 is 0 Å². The molecule has 1 saturated heterocycles. The van der Waals surface area contributed by atoms with Crippen LogP contribution in [0.3, 0.4) is 0 Å². The minimum atomic E-state index is -3.40. The Bertz CT molecular complexity index is 757. The number of nitrogens with zero attached hydrogens (tertiary/aromatic N) is 2. The summed E-state index contributed by atoms with van der Waals surface area (Å²) in [5.41, 5.74) is 1.94. The summed E-state index contributed by atoms with van der Waals surface area (Å²) in [5.74, 6) is 0. The molecule has 2 aromatic rings. The first kappa shape index (κ1) is 17.1. The molecule has 1 aliphatic heterocycles. The molecule has 1 aliphatic rings. The molecule has 1 aromatic carbocycles. The summed E-state index contributed by atoms with van der Waals surface area (Å²) in [6.07, 6.45) is 6.52. The predicted octanol–water partition coefficient (Wildman–Crippen LogP) is 2.55. The van der Waals surface area contributed by atoms with E-state index in [0.717, 1.165) is 30.4 Å². The lowest BCUT2D eigenvalue weighted by atomic mass is 10.2. The van der Waals surface area contributed by atoms with E-state index in [9.17, 15) is 8.42 Å². The Morgan fingerprint density at radius 2 is 1.67 bits per heavy atom. The summed E-state index contributed by atoms with van der Waals surface area (Å²) < 4.78 is 27.5. The first-order valence-corrected chi connectivity index (χ1v) is 9.79. The van der Waals surface area contributed by atoms with Crippen LogP contribution in [-0.2, 0) is 23.1 Å². The fourth-order valence-electron chi connectivity index (χ4n) is 2.99. The Balaban J connectivity index is 1.72. The molecular weight excluding hydrogens is 322 g/mol. The first-order valence-electron chi connectivity index (χ1n) is 8.35. The summed E-state index contributed by atoms with van der Waals surface area (Å²) in [6, 6.07) is 11.2. The van der Waals surface area contributed by atoms with Crippen LogP contribution < -0.4 is 5.32 Å². The number of rotatable bonds is 6. The normalized spacial score (nSPS) is 16.2. The van der Waals surface area contributed by atoms with Crippen molar-refractivity contribution >= 4 is 10.0 Å². The molecule has 128 valence electrons. The summed E-state index contributed by atoms with van der Waals surface area (Å²) in [4.78, 5) is 4.42. The minimum absolute atomic E-state index is 0.425. The van der Waals surface area contributed by atoms with Gasteiger partial charge in [-0.3, -0.25) is 4.98 Å². The van der Waals surface area contributed by atoms with Crippen LogP contribution in [0.25, 0.3) is 0 Å². The van der Waals surface area contributed by atoms with E-state index in [-0.39, 0.29) is 0 Å². The van der Waals surface area contributed by atoms with Crippen molar-refractivity contribution < 1.29 is 8.42 Å². The SMILES string of the molecule is O=S(=O)(c1ccccc1CNCc1ccncc1)N1CCCCC1. The summed E-state index contributed by atoms with van der Waals surface area (Å²) in [6.45, 7) is 2.45. The third-order valence-electron chi connectivity index (χ3n) is 4.30. The molecule has 0 saturated carbocycles. The first-order chi connectivity index (χ1) is 11.7. The molecule has 2 heterocycles. The second-order valence-electron chi connectivity index (χ2n) is 6.03. The predicted molar refractivity (Wildman–Crippen MR) is 93.8 cm³/mol. The molecule has 1 fully saturated rings. The topological polar surface area (TPSA) is 62.3 Å². The maximum absolute atomic E-state index is 12.9. The van der Waals surface area contributed by atoms with E-state index in [1.807, 2.05) is 24.3 Å². The third-order valence-corrected chi connectivity index (χ3v) is 6.30. The number of aromatic nitrogens is 1. The van der Waals surface area contributed by atoms with Gasteiger partial charge in [0.1, 0.15) is 0 Å². The highest BCUT2D eigenvalue weighted by atomic mass is 32.2. The molecule has 5 nitrogen and oxygen atoms in total. The van der Waals surface area contributed by atoms with Crippen molar-refractivity contribution in [3.8, 4) is 0 Å². The van der Waals surface area contributed by atoms with Crippen LogP contribution in [0.4, 0.5) is 0 Å². The zero-order valence-electron chi connectivity index (χ0n) is 13.7. The Labute approximate surface area is 143 Å². The molecule has 3 rings (SSSR count). The number of pyridine rings is 1. The Morgan fingerprint density at radius 1 is 0.958 bits per heavy atom. The number of sulfonamides is 1. The average Bonchev–Trinajstić information content (AvgIpc) is 2.64. The lowest BCUT2D eigenvalue weighted by Crippen LogP contribution is -2.36. The van der Waals surface area contributed by atoms with Crippen LogP contribution in [0.2, 0.25) is 0 Å². The summed E-state index contributed by atoms with van der Waals surface area (Å²) in [5, 5.41) is 3.32. The van der Waals surface area contributed by atoms with Gasteiger partial charge in [-0.1, -0.05) is 24.6 Å². The van der Waals surface area contributed by atoms with Crippen LogP contribution in [0.1, 0.15) is 30.4 Å². The van der Waals surface area contributed by atoms with Gasteiger partial charge in [-0.25, -0.2) is 8.42 Å². The van der Waals surface area contributed by atoms with Crippen molar-refractivity contribution in [2.75, 3.05) is 13.1 Å². The lowest BCUT2D eigenvalue weighted by molar-refractivity contribution is 0.346. The molecule has 0 atom stereocenters. The second-order valence-corrected chi connectivity index (χ2v) is 7.94. The number of piperidine rings is 1. The Morgan fingerprint density at radius 3 is 2.42 bits per heavy atom. The molecule has 0 bridgehead atoms. The van der Waals surface area contributed by atoms with Crippen molar-refractivity contribution in [1.82, 2.24) is 14.6 Å². The van der Waals surface area contributed by atoms with Gasteiger partial charge in [-0.05, 0) is 42.2 Å². The lowest BCUT2D eigenvalue weighted by Gasteiger charge is -2.26. The number of benzene rings is 1. The molecule has 6 heteroatoms. The van der Waals surface area contributed by atoms with Crippen molar-refractivity contribution in [1.29, 1.82) is 0 Å². The van der Waals surface area contributed by atoms with Gasteiger partial charge in [0.2, 0.25) is 10.0 Å². The summed E-state index contributed by atoms with van der Waals surface area (Å²) >= 11 is 0. The van der Waals surface area contributed by atoms with Gasteiger partial charge in [-0.15, -0.1) is 0 Å². The smallest absolute Gasteiger partial charge is 0.243 e. The molecule has 0 spiro atoms. The van der Waals surface area contributed by atoms with Gasteiger partial charge in [0.05, 0.1) is 4.90 Å². The van der Waals surface area contributed by atoms with Crippen LogP contribution >= 0.6 is 0 Å². The van der Waals surface area contributed by atoms with Crippen LogP contribution in [0.5, 0.6) is 0 Å². The Kier molecular flexibility index (Phi) is 5.60. The van der Waals surface area contributed by atoms with Gasteiger partial charge in [0.15, 0.2) is 0 Å². The number of hydrogen-bond acceptors (Lipinski definition) is 4. The van der Waals surface area contributed by atoms with Gasteiger partial charge >= 0.3 is 0 Å². The standard InChI is InChI=1S/C18H23N3O2S/c22-24(23,21-12-4-1-5-13-21)18-7-3-2-6-17(18)15-20-14-16-8-10-19-11-9-16/h2-3,6-11,20H,1,4-5,12-15H2. The monoisotopic (exact) mass is 345 g/mol. The van der Waals surface area contributed by atoms with Gasteiger partial charge in [0, 0.05) is 38.6 Å². The number of nitrogens with one attached hydrogen (secondary N) is 1. The largest absolute Gasteiger partial charge is 0.309 e. The van der Waals surface area contributed by atoms with Crippen LogP contribution in [-0.4, -0.2) is 30.8 Å². The fourth-order valence-corrected chi connectivity index (χ4v) is 4.73. The van der Waals surface area contributed by atoms with E-state index in [0.29, 0.717) is 31.1 Å². The van der Waals surface area contributed by atoms with E-state index in [1.165, 1.54) is 0 Å². The molecule has 1 aromatic heterocycles. The zero-order valence-corrected chi connectivity index (χ0v) is 14.5. The van der Waals surface area contributed by atoms with Crippen molar-refractivity contribution in [2.24, 2.45) is 0 Å². The molecule has 0 amide bonds. The maximum atomic E-state index is 12.9. The van der Waals surface area contributed by atoms with Gasteiger partial charge in [0.25, 0.3) is 0 Å². The van der Waals surface area contributed by atoms with Gasteiger partial charge < -0.3 is 5.32 Å². The van der Waals surface area contributed by atoms with Crippen LogP contribution in [0, 0.1) is 0 Å². The van der Waals surface area contributed by atoms with E-state index < -0.39 is 10.0 Å². The Hall–Kier alpha value is -1.76.